The van der Waals surface area contributed by atoms with E-state index < -0.39 is 10.0 Å². The highest BCUT2D eigenvalue weighted by Gasteiger charge is 2.05. The number of phenolic OH excluding ortho intramolecular Hbond substituents is 1. The zero-order chi connectivity index (χ0) is 13.9. The molecule has 0 unspecified atom stereocenters. The van der Waals surface area contributed by atoms with E-state index in [0.717, 1.165) is 5.56 Å². The van der Waals surface area contributed by atoms with E-state index in [9.17, 15) is 8.42 Å². The summed E-state index contributed by atoms with van der Waals surface area (Å²) < 4.78 is 22.1. The summed E-state index contributed by atoms with van der Waals surface area (Å²) in [6.07, 6.45) is 1.62. The first-order valence-corrected chi connectivity index (χ1v) is 6.96. The minimum absolute atomic E-state index is 0.0519. The van der Waals surface area contributed by atoms with Crippen LogP contribution in [0.15, 0.2) is 58.4 Å². The van der Waals surface area contributed by atoms with Gasteiger partial charge in [-0.05, 0) is 54.1 Å². The Morgan fingerprint density at radius 3 is 2.11 bits per heavy atom. The van der Waals surface area contributed by atoms with Crippen molar-refractivity contribution >= 4 is 21.9 Å². The smallest absolute Gasteiger partial charge is 0.238 e. The topological polar surface area (TPSA) is 92.8 Å². The average molecular weight is 276 g/mol. The second-order valence-corrected chi connectivity index (χ2v) is 5.45. The van der Waals surface area contributed by atoms with Crippen LogP contribution in [-0.4, -0.2) is 19.7 Å². The average Bonchev–Trinajstić information content (AvgIpc) is 2.37. The van der Waals surface area contributed by atoms with Crippen LogP contribution >= 0.6 is 0 Å². The van der Waals surface area contributed by atoms with Gasteiger partial charge in [-0.2, -0.15) is 0 Å². The normalized spacial score (nSPS) is 11.8. The van der Waals surface area contributed by atoms with E-state index in [4.69, 9.17) is 10.2 Å². The van der Waals surface area contributed by atoms with Gasteiger partial charge >= 0.3 is 0 Å². The summed E-state index contributed by atoms with van der Waals surface area (Å²) in [5, 5.41) is 14.1. The Morgan fingerprint density at radius 1 is 1.00 bits per heavy atom. The van der Waals surface area contributed by atoms with Gasteiger partial charge in [-0.3, -0.25) is 4.99 Å². The summed E-state index contributed by atoms with van der Waals surface area (Å²) in [4.78, 5) is 4.24. The van der Waals surface area contributed by atoms with Crippen molar-refractivity contribution in [1.82, 2.24) is 0 Å². The fourth-order valence-corrected chi connectivity index (χ4v) is 1.95. The maximum atomic E-state index is 11.1. The van der Waals surface area contributed by atoms with Crippen LogP contribution in [0, 0.1) is 0 Å². The number of nitrogens with two attached hydrogens (primary N) is 1. The molecule has 0 fully saturated rings. The Kier molecular flexibility index (Phi) is 3.64. The third kappa shape index (κ3) is 3.64. The SMILES string of the molecule is NS(=O)(=O)c1ccc(N=Cc2ccc(O)cc2)cc1. The van der Waals surface area contributed by atoms with Gasteiger partial charge in [0.25, 0.3) is 0 Å². The largest absolute Gasteiger partial charge is 0.508 e. The van der Waals surface area contributed by atoms with E-state index in [0.29, 0.717) is 5.69 Å². The van der Waals surface area contributed by atoms with Gasteiger partial charge in [-0.15, -0.1) is 0 Å². The van der Waals surface area contributed by atoms with Crippen molar-refractivity contribution in [1.29, 1.82) is 0 Å². The molecule has 19 heavy (non-hydrogen) atoms. The molecule has 0 amide bonds. The van der Waals surface area contributed by atoms with Crippen LogP contribution in [0.5, 0.6) is 5.75 Å². The van der Waals surface area contributed by atoms with Crippen molar-refractivity contribution in [2.75, 3.05) is 0 Å². The summed E-state index contributed by atoms with van der Waals surface area (Å²) in [7, 11) is -3.67. The number of aliphatic imine (C=N–C) groups is 1. The molecule has 0 radical (unpaired) electrons. The van der Waals surface area contributed by atoms with Crippen molar-refractivity contribution in [2.45, 2.75) is 4.90 Å². The van der Waals surface area contributed by atoms with Gasteiger partial charge in [0.15, 0.2) is 0 Å². The molecule has 0 saturated heterocycles. The zero-order valence-electron chi connectivity index (χ0n) is 9.89. The molecule has 0 saturated carbocycles. The van der Waals surface area contributed by atoms with Gasteiger partial charge in [-0.1, -0.05) is 0 Å². The molecule has 0 heterocycles. The first kappa shape index (κ1) is 13.3. The summed E-state index contributed by atoms with van der Waals surface area (Å²) in [5.41, 5.74) is 1.44. The molecule has 5 nitrogen and oxygen atoms in total. The molecule has 0 bridgehead atoms. The number of phenols is 1. The molecule has 6 heteroatoms. The Balaban J connectivity index is 2.18. The first-order chi connectivity index (χ1) is 8.95. The molecule has 0 atom stereocenters. The minimum atomic E-state index is -3.67. The highest BCUT2D eigenvalue weighted by Crippen LogP contribution is 2.16. The van der Waals surface area contributed by atoms with Crippen LogP contribution < -0.4 is 5.14 Å². The van der Waals surface area contributed by atoms with Crippen molar-refractivity contribution in [3.8, 4) is 5.75 Å². The van der Waals surface area contributed by atoms with Gasteiger partial charge in [0, 0.05) is 6.21 Å². The fourth-order valence-electron chi connectivity index (χ4n) is 1.43. The number of sulfonamides is 1. The van der Waals surface area contributed by atoms with Crippen LogP contribution in [0.4, 0.5) is 5.69 Å². The second kappa shape index (κ2) is 5.21. The van der Waals surface area contributed by atoms with E-state index in [2.05, 4.69) is 4.99 Å². The van der Waals surface area contributed by atoms with E-state index in [1.807, 2.05) is 0 Å². The number of rotatable bonds is 3. The molecule has 0 aliphatic rings. The predicted molar refractivity (Wildman–Crippen MR) is 73.2 cm³/mol. The maximum absolute atomic E-state index is 11.1. The van der Waals surface area contributed by atoms with Gasteiger partial charge in [0.2, 0.25) is 10.0 Å². The van der Waals surface area contributed by atoms with Crippen molar-refractivity contribution in [3.05, 3.63) is 54.1 Å². The number of hydrogen-bond acceptors (Lipinski definition) is 4. The molecular formula is C13H12N2O3S. The number of hydrogen-bond donors (Lipinski definition) is 2. The quantitative estimate of drug-likeness (QED) is 0.837. The number of benzene rings is 2. The highest BCUT2D eigenvalue weighted by molar-refractivity contribution is 7.89. The summed E-state index contributed by atoms with van der Waals surface area (Å²) in [6.45, 7) is 0. The first-order valence-electron chi connectivity index (χ1n) is 5.41. The molecule has 2 aromatic carbocycles. The Hall–Kier alpha value is -2.18. The lowest BCUT2D eigenvalue weighted by Gasteiger charge is -1.98. The molecule has 0 spiro atoms. The molecule has 2 aromatic rings. The molecule has 3 N–H and O–H groups in total. The third-order valence-electron chi connectivity index (χ3n) is 2.42. The van der Waals surface area contributed by atoms with Crippen molar-refractivity contribution in [2.24, 2.45) is 10.1 Å². The van der Waals surface area contributed by atoms with Crippen molar-refractivity contribution in [3.63, 3.8) is 0 Å². The molecule has 0 aliphatic heterocycles. The van der Waals surface area contributed by atoms with Crippen LogP contribution in [0.3, 0.4) is 0 Å². The minimum Gasteiger partial charge on any atom is -0.508 e. The fraction of sp³-hybridized carbons (Fsp3) is 0. The maximum Gasteiger partial charge on any atom is 0.238 e. The highest BCUT2D eigenvalue weighted by atomic mass is 32.2. The Morgan fingerprint density at radius 2 is 1.58 bits per heavy atom. The third-order valence-corrected chi connectivity index (χ3v) is 3.35. The van der Waals surface area contributed by atoms with Crippen LogP contribution in [0.25, 0.3) is 0 Å². The lowest BCUT2D eigenvalue weighted by atomic mass is 10.2. The lowest BCUT2D eigenvalue weighted by Crippen LogP contribution is -2.11. The monoisotopic (exact) mass is 276 g/mol. The van der Waals surface area contributed by atoms with Gasteiger partial charge < -0.3 is 5.11 Å². The van der Waals surface area contributed by atoms with Crippen molar-refractivity contribution < 1.29 is 13.5 Å². The Labute approximate surface area is 111 Å². The Bertz CT molecular complexity index is 690. The molecule has 0 aromatic heterocycles. The number of nitrogens with zero attached hydrogens (tertiary/aromatic N) is 1. The van der Waals surface area contributed by atoms with Crippen LogP contribution in [0.2, 0.25) is 0 Å². The molecular weight excluding hydrogens is 264 g/mol. The molecule has 98 valence electrons. The van der Waals surface area contributed by atoms with E-state index in [1.165, 1.54) is 12.1 Å². The van der Waals surface area contributed by atoms with E-state index in [-0.39, 0.29) is 10.6 Å². The van der Waals surface area contributed by atoms with E-state index in [1.54, 1.807) is 42.6 Å². The van der Waals surface area contributed by atoms with Gasteiger partial charge in [-0.25, -0.2) is 13.6 Å². The zero-order valence-corrected chi connectivity index (χ0v) is 10.7. The summed E-state index contributed by atoms with van der Waals surface area (Å²) in [6, 6.07) is 12.5. The number of aromatic hydroxyl groups is 1. The predicted octanol–water partition coefficient (Wildman–Crippen LogP) is 1.79. The van der Waals surface area contributed by atoms with Crippen LogP contribution in [-0.2, 0) is 10.0 Å². The van der Waals surface area contributed by atoms with Crippen LogP contribution in [0.1, 0.15) is 5.56 Å². The number of primary sulfonamides is 1. The van der Waals surface area contributed by atoms with Gasteiger partial charge in [0.1, 0.15) is 5.75 Å². The van der Waals surface area contributed by atoms with Gasteiger partial charge in [0.05, 0.1) is 10.6 Å². The molecule has 2 rings (SSSR count). The standard InChI is InChI=1S/C13H12N2O3S/c14-19(17,18)13-7-3-11(4-8-13)15-9-10-1-5-12(16)6-2-10/h1-9,16H,(H2,14,17,18). The lowest BCUT2D eigenvalue weighted by molar-refractivity contribution is 0.475. The summed E-state index contributed by atoms with van der Waals surface area (Å²) in [5.74, 6) is 0.189. The second-order valence-electron chi connectivity index (χ2n) is 3.89. The van der Waals surface area contributed by atoms with E-state index >= 15 is 0 Å². The summed E-state index contributed by atoms with van der Waals surface area (Å²) >= 11 is 0. The molecule has 0 aliphatic carbocycles.